The van der Waals surface area contributed by atoms with Gasteiger partial charge in [-0.1, -0.05) is 30.3 Å². The van der Waals surface area contributed by atoms with Crippen LogP contribution >= 0.6 is 0 Å². The first-order valence-corrected chi connectivity index (χ1v) is 7.91. The van der Waals surface area contributed by atoms with Crippen molar-refractivity contribution in [2.75, 3.05) is 5.75 Å². The predicted molar refractivity (Wildman–Crippen MR) is 75.1 cm³/mol. The minimum Gasteiger partial charge on any atom is -0.481 e. The van der Waals surface area contributed by atoms with E-state index < -0.39 is 33.6 Å². The monoisotopic (exact) mass is 315 g/mol. The lowest BCUT2D eigenvalue weighted by atomic mass is 10.1. The molecule has 3 N–H and O–H groups in total. The molecule has 0 fully saturated rings. The van der Waals surface area contributed by atoms with Gasteiger partial charge in [-0.3, -0.25) is 9.59 Å². The summed E-state index contributed by atoms with van der Waals surface area (Å²) in [5, 5.41) is 17.5. The molecule has 1 rings (SSSR count). The van der Waals surface area contributed by atoms with Gasteiger partial charge >= 0.3 is 11.9 Å². The van der Waals surface area contributed by atoms with Gasteiger partial charge in [0.25, 0.3) is 0 Å². The van der Waals surface area contributed by atoms with Crippen LogP contribution in [0.4, 0.5) is 0 Å². The molecule has 0 amide bonds. The molecule has 0 aliphatic heterocycles. The molecule has 0 aromatic heterocycles. The molecule has 0 radical (unpaired) electrons. The quantitative estimate of drug-likeness (QED) is 0.616. The Hall–Kier alpha value is -1.93. The van der Waals surface area contributed by atoms with Crippen LogP contribution in [0.25, 0.3) is 0 Å². The van der Waals surface area contributed by atoms with Gasteiger partial charge in [-0.25, -0.2) is 13.1 Å². The van der Waals surface area contributed by atoms with E-state index in [1.54, 1.807) is 30.3 Å². The van der Waals surface area contributed by atoms with E-state index in [9.17, 15) is 18.0 Å². The SMILES string of the molecule is O=C(O)CCC(CS(=O)(=O)NCc1ccccc1)C(=O)O. The maximum atomic E-state index is 11.8. The first kappa shape index (κ1) is 17.1. The highest BCUT2D eigenvalue weighted by Crippen LogP contribution is 2.10. The molecule has 116 valence electrons. The number of hydrogen-bond donors (Lipinski definition) is 3. The summed E-state index contributed by atoms with van der Waals surface area (Å²) in [5.74, 6) is -4.35. The van der Waals surface area contributed by atoms with Gasteiger partial charge in [0.1, 0.15) is 0 Å². The van der Waals surface area contributed by atoms with Gasteiger partial charge < -0.3 is 10.2 Å². The van der Waals surface area contributed by atoms with Crippen LogP contribution in [0.2, 0.25) is 0 Å². The lowest BCUT2D eigenvalue weighted by Gasteiger charge is -2.12. The van der Waals surface area contributed by atoms with Crippen LogP contribution in [0.15, 0.2) is 30.3 Å². The number of sulfonamides is 1. The van der Waals surface area contributed by atoms with E-state index in [1.807, 2.05) is 0 Å². The smallest absolute Gasteiger partial charge is 0.307 e. The number of carboxylic acid groups (broad SMARTS) is 2. The Morgan fingerprint density at radius 3 is 2.29 bits per heavy atom. The fourth-order valence-corrected chi connectivity index (χ4v) is 3.03. The number of aliphatic carboxylic acids is 2. The second kappa shape index (κ2) is 7.75. The van der Waals surface area contributed by atoms with Gasteiger partial charge in [-0.05, 0) is 12.0 Å². The van der Waals surface area contributed by atoms with Crippen LogP contribution < -0.4 is 4.72 Å². The zero-order valence-corrected chi connectivity index (χ0v) is 12.0. The van der Waals surface area contributed by atoms with Crippen molar-refractivity contribution >= 4 is 22.0 Å². The van der Waals surface area contributed by atoms with Crippen molar-refractivity contribution in [1.82, 2.24) is 4.72 Å². The van der Waals surface area contributed by atoms with E-state index in [1.165, 1.54) is 0 Å². The van der Waals surface area contributed by atoms with E-state index in [0.717, 1.165) is 5.56 Å². The fourth-order valence-electron chi connectivity index (χ4n) is 1.69. The molecule has 1 atom stereocenters. The third-order valence-electron chi connectivity index (χ3n) is 2.82. The number of hydrogen-bond acceptors (Lipinski definition) is 4. The van der Waals surface area contributed by atoms with Crippen molar-refractivity contribution in [3.05, 3.63) is 35.9 Å². The molecule has 7 nitrogen and oxygen atoms in total. The Labute approximate surface area is 122 Å². The Kier molecular flexibility index (Phi) is 6.32. The van der Waals surface area contributed by atoms with Gasteiger partial charge in [0.2, 0.25) is 10.0 Å². The molecule has 21 heavy (non-hydrogen) atoms. The molecular formula is C13H17NO6S. The molecule has 0 saturated carbocycles. The third-order valence-corrected chi connectivity index (χ3v) is 4.24. The molecule has 0 spiro atoms. The highest BCUT2D eigenvalue weighted by Gasteiger charge is 2.25. The summed E-state index contributed by atoms with van der Waals surface area (Å²) in [6.45, 7) is 0.0639. The average molecular weight is 315 g/mol. The van der Waals surface area contributed by atoms with Crippen molar-refractivity contribution < 1.29 is 28.2 Å². The maximum absolute atomic E-state index is 11.8. The van der Waals surface area contributed by atoms with Crippen molar-refractivity contribution in [3.8, 4) is 0 Å². The van der Waals surface area contributed by atoms with Crippen molar-refractivity contribution in [2.45, 2.75) is 19.4 Å². The van der Waals surface area contributed by atoms with Gasteiger partial charge in [-0.2, -0.15) is 0 Å². The van der Waals surface area contributed by atoms with Gasteiger partial charge in [0.05, 0.1) is 11.7 Å². The lowest BCUT2D eigenvalue weighted by molar-refractivity contribution is -0.142. The topological polar surface area (TPSA) is 121 Å². The summed E-state index contributed by atoms with van der Waals surface area (Å²) in [7, 11) is -3.80. The van der Waals surface area contributed by atoms with Gasteiger partial charge in [0.15, 0.2) is 0 Å². The van der Waals surface area contributed by atoms with Crippen LogP contribution in [0.3, 0.4) is 0 Å². The van der Waals surface area contributed by atoms with Crippen LogP contribution in [0.5, 0.6) is 0 Å². The van der Waals surface area contributed by atoms with E-state index in [2.05, 4.69) is 4.72 Å². The van der Waals surface area contributed by atoms with Gasteiger partial charge in [0, 0.05) is 13.0 Å². The average Bonchev–Trinajstić information content (AvgIpc) is 2.42. The Morgan fingerprint density at radius 2 is 1.76 bits per heavy atom. The number of rotatable bonds is 9. The second-order valence-electron chi connectivity index (χ2n) is 4.56. The summed E-state index contributed by atoms with van der Waals surface area (Å²) in [5.41, 5.74) is 0.749. The Bertz CT molecular complexity index is 584. The third kappa shape index (κ3) is 6.87. The molecule has 0 saturated heterocycles. The Balaban J connectivity index is 2.59. The largest absolute Gasteiger partial charge is 0.481 e. The molecule has 0 aliphatic carbocycles. The second-order valence-corrected chi connectivity index (χ2v) is 6.41. The Morgan fingerprint density at radius 1 is 1.14 bits per heavy atom. The summed E-state index contributed by atoms with van der Waals surface area (Å²) in [6.07, 6.45) is -0.609. The zero-order valence-electron chi connectivity index (χ0n) is 11.2. The maximum Gasteiger partial charge on any atom is 0.307 e. The molecule has 8 heteroatoms. The van der Waals surface area contributed by atoms with Crippen molar-refractivity contribution in [2.24, 2.45) is 5.92 Å². The standard InChI is InChI=1S/C13H17NO6S/c15-12(16)7-6-11(13(17)18)9-21(19,20)14-8-10-4-2-1-3-5-10/h1-5,11,14H,6-9H2,(H,15,16)(H,17,18). The summed E-state index contributed by atoms with van der Waals surface area (Å²) in [6, 6.07) is 8.79. The fraction of sp³-hybridized carbons (Fsp3) is 0.385. The zero-order chi connectivity index (χ0) is 15.9. The molecule has 1 aromatic rings. The normalized spacial score (nSPS) is 12.8. The predicted octanol–water partition coefficient (Wildman–Crippen LogP) is 0.672. The molecule has 0 heterocycles. The van der Waals surface area contributed by atoms with Crippen molar-refractivity contribution in [3.63, 3.8) is 0 Å². The van der Waals surface area contributed by atoms with E-state index >= 15 is 0 Å². The van der Waals surface area contributed by atoms with E-state index in [-0.39, 0.29) is 19.4 Å². The molecular weight excluding hydrogens is 298 g/mol. The number of nitrogens with one attached hydrogen (secondary N) is 1. The van der Waals surface area contributed by atoms with Crippen LogP contribution in [0, 0.1) is 5.92 Å². The van der Waals surface area contributed by atoms with Crippen LogP contribution in [0.1, 0.15) is 18.4 Å². The number of carbonyl (C=O) groups is 2. The summed E-state index contributed by atoms with van der Waals surface area (Å²) >= 11 is 0. The number of carboxylic acids is 2. The molecule has 0 bridgehead atoms. The van der Waals surface area contributed by atoms with Crippen LogP contribution in [-0.2, 0) is 26.2 Å². The van der Waals surface area contributed by atoms with Crippen LogP contribution in [-0.4, -0.2) is 36.3 Å². The first-order valence-electron chi connectivity index (χ1n) is 6.26. The summed E-state index contributed by atoms with van der Waals surface area (Å²) < 4.78 is 26.0. The molecule has 1 aromatic carbocycles. The number of benzene rings is 1. The van der Waals surface area contributed by atoms with E-state index in [4.69, 9.17) is 10.2 Å². The molecule has 0 aliphatic rings. The minimum atomic E-state index is -3.80. The van der Waals surface area contributed by atoms with Crippen molar-refractivity contribution in [1.29, 1.82) is 0 Å². The first-order chi connectivity index (χ1) is 9.80. The molecule has 1 unspecified atom stereocenters. The summed E-state index contributed by atoms with van der Waals surface area (Å²) in [4.78, 5) is 21.4. The lowest BCUT2D eigenvalue weighted by Crippen LogP contribution is -2.32. The van der Waals surface area contributed by atoms with Gasteiger partial charge in [-0.15, -0.1) is 0 Å². The van der Waals surface area contributed by atoms with E-state index in [0.29, 0.717) is 0 Å². The highest BCUT2D eigenvalue weighted by atomic mass is 32.2. The highest BCUT2D eigenvalue weighted by molar-refractivity contribution is 7.89. The minimum absolute atomic E-state index is 0.0639.